The Kier molecular flexibility index (Phi) is 5.07. The van der Waals surface area contributed by atoms with E-state index in [0.29, 0.717) is 11.5 Å². The summed E-state index contributed by atoms with van der Waals surface area (Å²) in [5.41, 5.74) is 6.67. The lowest BCUT2D eigenvalue weighted by Gasteiger charge is -2.05. The zero-order valence-corrected chi connectivity index (χ0v) is 9.43. The second-order valence-electron chi connectivity index (χ2n) is 2.88. The van der Waals surface area contributed by atoms with Gasteiger partial charge < -0.3 is 5.73 Å². The highest BCUT2D eigenvalue weighted by Gasteiger charge is 2.11. The highest BCUT2D eigenvalue weighted by atomic mass is 32.2. The van der Waals surface area contributed by atoms with Crippen LogP contribution in [0.3, 0.4) is 0 Å². The molecule has 0 aliphatic heterocycles. The Morgan fingerprint density at radius 2 is 2.07 bits per heavy atom. The van der Waals surface area contributed by atoms with Gasteiger partial charge in [0, 0.05) is 11.5 Å². The van der Waals surface area contributed by atoms with Gasteiger partial charge in [-0.3, -0.25) is 4.79 Å². The fourth-order valence-corrected chi connectivity index (χ4v) is 2.00. The van der Waals surface area contributed by atoms with E-state index in [-0.39, 0.29) is 5.12 Å². The number of thiol groups is 1. The van der Waals surface area contributed by atoms with Crippen LogP contribution in [0.25, 0.3) is 0 Å². The first kappa shape index (κ1) is 11.6. The summed E-state index contributed by atoms with van der Waals surface area (Å²) in [5, 5.41) is 0.00357. The third-order valence-electron chi connectivity index (χ3n) is 1.72. The monoisotopic (exact) mass is 227 g/mol. The molecule has 1 aromatic rings. The van der Waals surface area contributed by atoms with Gasteiger partial charge in [0.15, 0.2) is 0 Å². The van der Waals surface area contributed by atoms with E-state index >= 15 is 0 Å². The van der Waals surface area contributed by atoms with Crippen molar-refractivity contribution in [1.82, 2.24) is 0 Å². The van der Waals surface area contributed by atoms with Gasteiger partial charge in [-0.15, -0.1) is 0 Å². The van der Waals surface area contributed by atoms with Crippen LogP contribution in [-0.4, -0.2) is 16.9 Å². The molecule has 0 heterocycles. The third-order valence-corrected chi connectivity index (χ3v) is 3.18. The molecule has 14 heavy (non-hydrogen) atoms. The number of hydrogen-bond donors (Lipinski definition) is 2. The Hall–Kier alpha value is -0.450. The summed E-state index contributed by atoms with van der Waals surface area (Å²) >= 11 is 5.23. The molecule has 2 N–H and O–H groups in total. The van der Waals surface area contributed by atoms with Gasteiger partial charge in [0.05, 0.1) is 6.04 Å². The fraction of sp³-hybridized carbons (Fsp3) is 0.300. The molecule has 0 fully saturated rings. The number of carbonyl (C=O) groups excluding carboxylic acids is 1. The molecule has 1 atom stereocenters. The summed E-state index contributed by atoms with van der Waals surface area (Å²) in [6.45, 7) is 0. The Morgan fingerprint density at radius 1 is 1.43 bits per heavy atom. The zero-order valence-electron chi connectivity index (χ0n) is 7.72. The van der Waals surface area contributed by atoms with Crippen LogP contribution in [0, 0.1) is 0 Å². The summed E-state index contributed by atoms with van der Waals surface area (Å²) < 4.78 is 0. The van der Waals surface area contributed by atoms with Crippen LogP contribution in [0.4, 0.5) is 0 Å². The molecule has 1 aromatic carbocycles. The molecule has 1 unspecified atom stereocenters. The first-order valence-corrected chi connectivity index (χ1v) is 5.93. The number of carbonyl (C=O) groups is 1. The highest BCUT2D eigenvalue weighted by molar-refractivity contribution is 8.13. The average molecular weight is 227 g/mol. The van der Waals surface area contributed by atoms with Crippen molar-refractivity contribution in [3.05, 3.63) is 35.9 Å². The molecule has 1 rings (SSSR count). The van der Waals surface area contributed by atoms with E-state index in [1.165, 1.54) is 11.8 Å². The van der Waals surface area contributed by atoms with Crippen LogP contribution in [0.5, 0.6) is 0 Å². The van der Waals surface area contributed by atoms with Crippen LogP contribution >= 0.6 is 24.4 Å². The van der Waals surface area contributed by atoms with Crippen molar-refractivity contribution < 1.29 is 4.79 Å². The molecule has 0 spiro atoms. The zero-order chi connectivity index (χ0) is 10.4. The molecule has 0 saturated heterocycles. The smallest absolute Gasteiger partial charge is 0.206 e. The number of thioether (sulfide) groups is 1. The lowest BCUT2D eigenvalue weighted by molar-refractivity contribution is -0.111. The lowest BCUT2D eigenvalue weighted by atomic mass is 10.2. The van der Waals surface area contributed by atoms with Crippen LogP contribution in [0.15, 0.2) is 30.3 Å². The summed E-state index contributed by atoms with van der Waals surface area (Å²) in [6, 6.07) is 9.40. The van der Waals surface area contributed by atoms with E-state index in [1.807, 2.05) is 30.3 Å². The Balaban J connectivity index is 2.38. The van der Waals surface area contributed by atoms with Gasteiger partial charge in [-0.2, -0.15) is 12.6 Å². The Labute approximate surface area is 93.7 Å². The molecular weight excluding hydrogens is 214 g/mol. The van der Waals surface area contributed by atoms with E-state index in [4.69, 9.17) is 5.73 Å². The minimum absolute atomic E-state index is 0.00357. The maximum atomic E-state index is 11.3. The summed E-state index contributed by atoms with van der Waals surface area (Å²) in [4.78, 5) is 11.3. The molecule has 0 aliphatic rings. The molecule has 0 saturated carbocycles. The third kappa shape index (κ3) is 3.74. The molecule has 0 amide bonds. The molecular formula is C10H13NOS2. The van der Waals surface area contributed by atoms with E-state index in [9.17, 15) is 4.79 Å². The Bertz CT molecular complexity index is 289. The molecule has 0 bridgehead atoms. The minimum atomic E-state index is -0.452. The fourth-order valence-electron chi connectivity index (χ4n) is 0.910. The number of benzene rings is 1. The van der Waals surface area contributed by atoms with Crippen molar-refractivity contribution in [3.8, 4) is 0 Å². The lowest BCUT2D eigenvalue weighted by Crippen LogP contribution is -2.29. The predicted molar refractivity (Wildman–Crippen MR) is 64.6 cm³/mol. The van der Waals surface area contributed by atoms with Gasteiger partial charge in [-0.05, 0) is 5.56 Å². The normalized spacial score (nSPS) is 12.4. The van der Waals surface area contributed by atoms with Crippen molar-refractivity contribution in [2.24, 2.45) is 5.73 Å². The maximum Gasteiger partial charge on any atom is 0.206 e. The predicted octanol–water partition coefficient (Wildman–Crippen LogP) is 1.70. The van der Waals surface area contributed by atoms with Gasteiger partial charge >= 0.3 is 0 Å². The van der Waals surface area contributed by atoms with Gasteiger partial charge in [-0.1, -0.05) is 42.1 Å². The van der Waals surface area contributed by atoms with Crippen molar-refractivity contribution >= 4 is 29.5 Å². The van der Waals surface area contributed by atoms with E-state index < -0.39 is 6.04 Å². The van der Waals surface area contributed by atoms with Crippen LogP contribution in [-0.2, 0) is 10.5 Å². The molecule has 0 radical (unpaired) electrons. The van der Waals surface area contributed by atoms with Crippen LogP contribution < -0.4 is 5.73 Å². The van der Waals surface area contributed by atoms with Crippen molar-refractivity contribution in [3.63, 3.8) is 0 Å². The largest absolute Gasteiger partial charge is 0.320 e. The molecule has 76 valence electrons. The minimum Gasteiger partial charge on any atom is -0.320 e. The van der Waals surface area contributed by atoms with Gasteiger partial charge in [0.25, 0.3) is 0 Å². The molecule has 0 aromatic heterocycles. The second kappa shape index (κ2) is 6.11. The summed E-state index contributed by atoms with van der Waals surface area (Å²) in [5.74, 6) is 1.09. The standard InChI is InChI=1S/C10H13NOS2/c11-9(6-13)10(12)14-7-8-4-2-1-3-5-8/h1-5,9,13H,6-7,11H2. The van der Waals surface area contributed by atoms with Crippen molar-refractivity contribution in [2.45, 2.75) is 11.8 Å². The van der Waals surface area contributed by atoms with E-state index in [2.05, 4.69) is 12.6 Å². The maximum absolute atomic E-state index is 11.3. The molecule has 0 aliphatic carbocycles. The number of nitrogens with two attached hydrogens (primary N) is 1. The van der Waals surface area contributed by atoms with Crippen molar-refractivity contribution in [1.29, 1.82) is 0 Å². The van der Waals surface area contributed by atoms with E-state index in [0.717, 1.165) is 5.56 Å². The SMILES string of the molecule is NC(CS)C(=O)SCc1ccccc1. The summed E-state index contributed by atoms with van der Waals surface area (Å²) in [7, 11) is 0. The van der Waals surface area contributed by atoms with Crippen LogP contribution in [0.2, 0.25) is 0 Å². The molecule has 4 heteroatoms. The topological polar surface area (TPSA) is 43.1 Å². The van der Waals surface area contributed by atoms with Crippen molar-refractivity contribution in [2.75, 3.05) is 5.75 Å². The highest BCUT2D eigenvalue weighted by Crippen LogP contribution is 2.13. The van der Waals surface area contributed by atoms with Gasteiger partial charge in [-0.25, -0.2) is 0 Å². The quantitative estimate of drug-likeness (QED) is 0.770. The molecule has 2 nitrogen and oxygen atoms in total. The Morgan fingerprint density at radius 3 is 2.64 bits per heavy atom. The van der Waals surface area contributed by atoms with Gasteiger partial charge in [0.1, 0.15) is 0 Å². The first-order chi connectivity index (χ1) is 6.74. The number of rotatable bonds is 4. The summed E-state index contributed by atoms with van der Waals surface area (Å²) in [6.07, 6.45) is 0. The number of hydrogen-bond acceptors (Lipinski definition) is 4. The average Bonchev–Trinajstić information content (AvgIpc) is 2.26. The second-order valence-corrected chi connectivity index (χ2v) is 4.23. The van der Waals surface area contributed by atoms with E-state index in [1.54, 1.807) is 0 Å². The van der Waals surface area contributed by atoms with Crippen LogP contribution in [0.1, 0.15) is 5.56 Å². The van der Waals surface area contributed by atoms with Gasteiger partial charge in [0.2, 0.25) is 5.12 Å². The first-order valence-electron chi connectivity index (χ1n) is 4.31.